The number of aliphatic hydroxyl groups is 1. The average molecular weight is 294 g/mol. The van der Waals surface area contributed by atoms with Crippen LogP contribution in [-0.2, 0) is 4.79 Å². The van der Waals surface area contributed by atoms with Crippen molar-refractivity contribution in [2.45, 2.75) is 70.8 Å². The summed E-state index contributed by atoms with van der Waals surface area (Å²) in [5.74, 6) is -1.14. The summed E-state index contributed by atoms with van der Waals surface area (Å²) in [4.78, 5) is 10.4. The molecule has 2 N–H and O–H groups in total. The Morgan fingerprint density at radius 2 is 1.67 bits per heavy atom. The maximum absolute atomic E-state index is 10.4. The molecule has 21 heavy (non-hydrogen) atoms. The van der Waals surface area contributed by atoms with Gasteiger partial charge in [-0.2, -0.15) is 0 Å². The zero-order valence-electron chi connectivity index (χ0n) is 13.2. The zero-order valence-corrected chi connectivity index (χ0v) is 13.2. The molecule has 0 bridgehead atoms. The first kappa shape index (κ1) is 19.7. The third-order valence-electron chi connectivity index (χ3n) is 3.18. The van der Waals surface area contributed by atoms with E-state index in [2.05, 4.69) is 37.3 Å². The average Bonchev–Trinajstić information content (AvgIpc) is 2.47. The molecular formula is C18H30O3. The van der Waals surface area contributed by atoms with Gasteiger partial charge in [-0.1, -0.05) is 62.6 Å². The highest BCUT2D eigenvalue weighted by Crippen LogP contribution is 2.04. The van der Waals surface area contributed by atoms with Gasteiger partial charge in [0.1, 0.15) is 0 Å². The number of aliphatic hydroxyl groups excluding tert-OH is 1. The largest absolute Gasteiger partial charge is 0.479 e. The highest BCUT2D eigenvalue weighted by Gasteiger charge is 2.10. The van der Waals surface area contributed by atoms with Crippen LogP contribution >= 0.6 is 0 Å². The third-order valence-corrected chi connectivity index (χ3v) is 3.18. The Labute approximate surface area is 129 Å². The first-order valence-electron chi connectivity index (χ1n) is 8.06. The topological polar surface area (TPSA) is 57.5 Å². The third kappa shape index (κ3) is 14.9. The summed E-state index contributed by atoms with van der Waals surface area (Å²) in [6.45, 7) is 2.22. The number of rotatable bonds is 13. The zero-order chi connectivity index (χ0) is 15.8. The van der Waals surface area contributed by atoms with Gasteiger partial charge < -0.3 is 10.2 Å². The van der Waals surface area contributed by atoms with Gasteiger partial charge in [0.05, 0.1) is 0 Å². The van der Waals surface area contributed by atoms with Gasteiger partial charge in [0, 0.05) is 0 Å². The fourth-order valence-electron chi connectivity index (χ4n) is 1.87. The molecule has 120 valence electrons. The van der Waals surface area contributed by atoms with Crippen LogP contribution in [0.15, 0.2) is 36.5 Å². The number of hydrogen-bond donors (Lipinski definition) is 2. The van der Waals surface area contributed by atoms with Crippen LogP contribution in [0.5, 0.6) is 0 Å². The Kier molecular flexibility index (Phi) is 14.1. The Morgan fingerprint density at radius 1 is 0.952 bits per heavy atom. The van der Waals surface area contributed by atoms with E-state index in [0.29, 0.717) is 12.8 Å². The van der Waals surface area contributed by atoms with Crippen molar-refractivity contribution in [3.05, 3.63) is 36.5 Å². The lowest BCUT2D eigenvalue weighted by Gasteiger charge is -2.02. The molecule has 1 atom stereocenters. The number of unbranched alkanes of at least 4 members (excludes halogenated alkanes) is 5. The second kappa shape index (κ2) is 15.0. The summed E-state index contributed by atoms with van der Waals surface area (Å²) in [6.07, 6.45) is 20.5. The second-order valence-electron chi connectivity index (χ2n) is 5.20. The van der Waals surface area contributed by atoms with Gasteiger partial charge in [0.25, 0.3) is 0 Å². The first-order chi connectivity index (χ1) is 10.2. The van der Waals surface area contributed by atoms with Crippen molar-refractivity contribution in [3.8, 4) is 0 Å². The lowest BCUT2D eigenvalue weighted by Crippen LogP contribution is -2.18. The van der Waals surface area contributed by atoms with Gasteiger partial charge in [-0.25, -0.2) is 4.79 Å². The predicted molar refractivity (Wildman–Crippen MR) is 88.3 cm³/mol. The van der Waals surface area contributed by atoms with Gasteiger partial charge in [0.2, 0.25) is 0 Å². The molecule has 3 nitrogen and oxygen atoms in total. The minimum atomic E-state index is -1.22. The van der Waals surface area contributed by atoms with Gasteiger partial charge in [0.15, 0.2) is 6.10 Å². The summed E-state index contributed by atoms with van der Waals surface area (Å²) in [5, 5.41) is 17.6. The molecule has 0 spiro atoms. The smallest absolute Gasteiger partial charge is 0.332 e. The second-order valence-corrected chi connectivity index (χ2v) is 5.20. The van der Waals surface area contributed by atoms with E-state index < -0.39 is 12.1 Å². The van der Waals surface area contributed by atoms with E-state index in [1.165, 1.54) is 25.7 Å². The number of carboxylic acid groups (broad SMARTS) is 1. The number of hydrogen-bond acceptors (Lipinski definition) is 2. The Morgan fingerprint density at radius 3 is 2.38 bits per heavy atom. The van der Waals surface area contributed by atoms with Crippen LogP contribution in [0.2, 0.25) is 0 Å². The number of carbonyl (C=O) groups is 1. The maximum atomic E-state index is 10.4. The van der Waals surface area contributed by atoms with Crippen molar-refractivity contribution >= 4 is 5.97 Å². The number of aliphatic carboxylic acids is 1. The predicted octanol–water partition coefficient (Wildman–Crippen LogP) is 4.63. The van der Waals surface area contributed by atoms with Crippen LogP contribution in [0.1, 0.15) is 64.7 Å². The normalized spacial score (nSPS) is 13.6. The highest BCUT2D eigenvalue weighted by molar-refractivity contribution is 5.71. The molecule has 0 aromatic rings. The molecule has 0 saturated carbocycles. The Bertz CT molecular complexity index is 329. The minimum Gasteiger partial charge on any atom is -0.479 e. The molecule has 0 fully saturated rings. The molecule has 0 aliphatic heterocycles. The molecule has 0 aliphatic rings. The molecule has 3 heteroatoms. The van der Waals surface area contributed by atoms with Gasteiger partial charge >= 0.3 is 5.97 Å². The maximum Gasteiger partial charge on any atom is 0.332 e. The lowest BCUT2D eigenvalue weighted by atomic mass is 10.1. The SMILES string of the molecule is CCCCCCC=CC=CCC=CCCCC(O)C(=O)O. The van der Waals surface area contributed by atoms with E-state index in [9.17, 15) is 4.79 Å². The van der Waals surface area contributed by atoms with Crippen LogP contribution in [0.3, 0.4) is 0 Å². The van der Waals surface area contributed by atoms with Crippen LogP contribution in [-0.4, -0.2) is 22.3 Å². The summed E-state index contributed by atoms with van der Waals surface area (Å²) in [7, 11) is 0. The molecule has 0 rings (SSSR count). The van der Waals surface area contributed by atoms with Crippen LogP contribution < -0.4 is 0 Å². The Hall–Kier alpha value is -1.35. The summed E-state index contributed by atoms with van der Waals surface area (Å²) in [6, 6.07) is 0. The molecule has 0 aromatic heterocycles. The molecule has 1 unspecified atom stereocenters. The van der Waals surface area contributed by atoms with E-state index in [1.807, 2.05) is 6.08 Å². The van der Waals surface area contributed by atoms with Crippen molar-refractivity contribution in [3.63, 3.8) is 0 Å². The standard InChI is InChI=1S/C18H30O3/c1-2-3-4-5-6-7-8-9-10-11-12-13-14-15-16-17(19)18(20)21/h7-10,12-13,17,19H,2-6,11,14-16H2,1H3,(H,20,21). The lowest BCUT2D eigenvalue weighted by molar-refractivity contribution is -0.146. The molecule has 0 saturated heterocycles. The summed E-state index contributed by atoms with van der Waals surface area (Å²) >= 11 is 0. The van der Waals surface area contributed by atoms with Crippen molar-refractivity contribution in [2.75, 3.05) is 0 Å². The van der Waals surface area contributed by atoms with Crippen molar-refractivity contribution < 1.29 is 15.0 Å². The quantitative estimate of drug-likeness (QED) is 0.296. The summed E-state index contributed by atoms with van der Waals surface area (Å²) in [5.41, 5.74) is 0. The summed E-state index contributed by atoms with van der Waals surface area (Å²) < 4.78 is 0. The fourth-order valence-corrected chi connectivity index (χ4v) is 1.87. The highest BCUT2D eigenvalue weighted by atomic mass is 16.4. The van der Waals surface area contributed by atoms with Crippen molar-refractivity contribution in [1.29, 1.82) is 0 Å². The van der Waals surface area contributed by atoms with Gasteiger partial charge in [-0.15, -0.1) is 0 Å². The fraction of sp³-hybridized carbons (Fsp3) is 0.611. The van der Waals surface area contributed by atoms with Crippen LogP contribution in [0.25, 0.3) is 0 Å². The Balaban J connectivity index is 3.43. The van der Waals surface area contributed by atoms with Crippen molar-refractivity contribution in [2.24, 2.45) is 0 Å². The first-order valence-corrected chi connectivity index (χ1v) is 8.06. The van der Waals surface area contributed by atoms with Crippen LogP contribution in [0, 0.1) is 0 Å². The van der Waals surface area contributed by atoms with Crippen molar-refractivity contribution in [1.82, 2.24) is 0 Å². The molecule has 0 heterocycles. The molecule has 0 radical (unpaired) electrons. The molecule has 0 amide bonds. The van der Waals surface area contributed by atoms with E-state index >= 15 is 0 Å². The van der Waals surface area contributed by atoms with E-state index in [-0.39, 0.29) is 0 Å². The molecule has 0 aromatic carbocycles. The van der Waals surface area contributed by atoms with E-state index in [4.69, 9.17) is 10.2 Å². The molecular weight excluding hydrogens is 264 g/mol. The van der Waals surface area contributed by atoms with Crippen LogP contribution in [0.4, 0.5) is 0 Å². The van der Waals surface area contributed by atoms with Gasteiger partial charge in [-0.3, -0.25) is 0 Å². The van der Waals surface area contributed by atoms with Gasteiger partial charge in [-0.05, 0) is 38.5 Å². The monoisotopic (exact) mass is 294 g/mol. The number of allylic oxidation sites excluding steroid dienone is 6. The minimum absolute atomic E-state index is 0.316. The molecule has 0 aliphatic carbocycles. The van der Waals surface area contributed by atoms with E-state index in [1.54, 1.807) is 0 Å². The van der Waals surface area contributed by atoms with E-state index in [0.717, 1.165) is 19.3 Å². The number of carboxylic acids is 1.